The van der Waals surface area contributed by atoms with Crippen LogP contribution in [0.1, 0.15) is 19.8 Å². The van der Waals surface area contributed by atoms with Crippen molar-refractivity contribution in [3.05, 3.63) is 36.9 Å². The van der Waals surface area contributed by atoms with Gasteiger partial charge in [0.25, 0.3) is 0 Å². The third kappa shape index (κ3) is 3.06. The molecule has 1 atom stereocenters. The predicted octanol–water partition coefficient (Wildman–Crippen LogP) is 1.61. The Bertz CT molecular complexity index is 578. The van der Waals surface area contributed by atoms with Gasteiger partial charge in [0.05, 0.1) is 35.4 Å². The van der Waals surface area contributed by atoms with Gasteiger partial charge in [-0.15, -0.1) is 0 Å². The summed E-state index contributed by atoms with van der Waals surface area (Å²) in [6, 6.07) is 3.73. The van der Waals surface area contributed by atoms with Crippen molar-refractivity contribution in [3.8, 4) is 5.69 Å². The van der Waals surface area contributed by atoms with Crippen molar-refractivity contribution in [1.29, 1.82) is 0 Å². The number of hydrogen-bond acceptors (Lipinski definition) is 5. The first-order valence-corrected chi connectivity index (χ1v) is 7.19. The number of nitrogens with zero attached hydrogens (tertiary/aromatic N) is 3. The van der Waals surface area contributed by atoms with Gasteiger partial charge >= 0.3 is 0 Å². The van der Waals surface area contributed by atoms with Gasteiger partial charge in [-0.1, -0.05) is 0 Å². The van der Waals surface area contributed by atoms with E-state index >= 15 is 0 Å². The second-order valence-corrected chi connectivity index (χ2v) is 5.46. The summed E-state index contributed by atoms with van der Waals surface area (Å²) in [6.45, 7) is 3.21. The van der Waals surface area contributed by atoms with E-state index in [-0.39, 0.29) is 6.04 Å². The first kappa shape index (κ1) is 14.0. The number of hydrogen-bond donors (Lipinski definition) is 2. The first-order chi connectivity index (χ1) is 10.2. The molecule has 21 heavy (non-hydrogen) atoms. The molecule has 112 valence electrons. The highest BCUT2D eigenvalue weighted by Crippen LogP contribution is 2.26. The molecule has 2 aromatic rings. The molecule has 0 amide bonds. The van der Waals surface area contributed by atoms with Crippen LogP contribution in [-0.4, -0.2) is 44.7 Å². The van der Waals surface area contributed by atoms with Crippen molar-refractivity contribution < 1.29 is 9.84 Å². The van der Waals surface area contributed by atoms with E-state index in [4.69, 9.17) is 4.74 Å². The maximum atomic E-state index is 10.6. The van der Waals surface area contributed by atoms with Crippen LogP contribution in [0.5, 0.6) is 0 Å². The maximum absolute atomic E-state index is 10.6. The molecule has 1 aliphatic rings. The SMILES string of the molecule is CC(Nc1cnn(-c2ccncc2)c1)C1(O)CCOCC1. The first-order valence-electron chi connectivity index (χ1n) is 7.19. The Morgan fingerprint density at radius 2 is 2.05 bits per heavy atom. The molecule has 6 heteroatoms. The van der Waals surface area contributed by atoms with Gasteiger partial charge in [-0.2, -0.15) is 5.10 Å². The molecule has 0 saturated carbocycles. The topological polar surface area (TPSA) is 72.2 Å². The highest BCUT2D eigenvalue weighted by atomic mass is 16.5. The Labute approximate surface area is 123 Å². The summed E-state index contributed by atoms with van der Waals surface area (Å²) in [4.78, 5) is 3.99. The summed E-state index contributed by atoms with van der Waals surface area (Å²) in [5.74, 6) is 0. The second kappa shape index (κ2) is 5.83. The lowest BCUT2D eigenvalue weighted by molar-refractivity contribution is -0.0711. The van der Waals surface area contributed by atoms with Crippen molar-refractivity contribution in [2.24, 2.45) is 0 Å². The third-order valence-corrected chi connectivity index (χ3v) is 4.06. The number of rotatable bonds is 4. The average molecular weight is 288 g/mol. The Morgan fingerprint density at radius 3 is 2.76 bits per heavy atom. The molecule has 2 N–H and O–H groups in total. The van der Waals surface area contributed by atoms with Gasteiger partial charge in [0, 0.05) is 38.4 Å². The van der Waals surface area contributed by atoms with Gasteiger partial charge in [0.1, 0.15) is 0 Å². The fraction of sp³-hybridized carbons (Fsp3) is 0.467. The quantitative estimate of drug-likeness (QED) is 0.894. The van der Waals surface area contributed by atoms with E-state index in [1.807, 2.05) is 25.3 Å². The molecule has 3 rings (SSSR count). The van der Waals surface area contributed by atoms with Crippen LogP contribution in [0.2, 0.25) is 0 Å². The molecule has 1 unspecified atom stereocenters. The highest BCUT2D eigenvalue weighted by molar-refractivity contribution is 5.43. The lowest BCUT2D eigenvalue weighted by atomic mass is 9.87. The van der Waals surface area contributed by atoms with Crippen LogP contribution in [0.4, 0.5) is 5.69 Å². The Balaban J connectivity index is 1.69. The van der Waals surface area contributed by atoms with Crippen LogP contribution in [0.15, 0.2) is 36.9 Å². The molecule has 6 nitrogen and oxygen atoms in total. The van der Waals surface area contributed by atoms with Crippen LogP contribution in [-0.2, 0) is 4.74 Å². The Morgan fingerprint density at radius 1 is 1.33 bits per heavy atom. The maximum Gasteiger partial charge on any atom is 0.0888 e. The molecule has 1 fully saturated rings. The molecule has 3 heterocycles. The van der Waals surface area contributed by atoms with E-state index in [1.54, 1.807) is 23.3 Å². The van der Waals surface area contributed by atoms with Crippen molar-refractivity contribution in [3.63, 3.8) is 0 Å². The van der Waals surface area contributed by atoms with Crippen molar-refractivity contribution in [2.45, 2.75) is 31.4 Å². The fourth-order valence-corrected chi connectivity index (χ4v) is 2.58. The second-order valence-electron chi connectivity index (χ2n) is 5.46. The molecule has 0 bridgehead atoms. The van der Waals surface area contributed by atoms with Crippen LogP contribution in [0.3, 0.4) is 0 Å². The van der Waals surface area contributed by atoms with Crippen LogP contribution < -0.4 is 5.32 Å². The van der Waals surface area contributed by atoms with E-state index in [0.717, 1.165) is 11.4 Å². The minimum Gasteiger partial charge on any atom is -0.388 e. The van der Waals surface area contributed by atoms with E-state index in [9.17, 15) is 5.11 Å². The minimum atomic E-state index is -0.725. The summed E-state index contributed by atoms with van der Waals surface area (Å²) in [5, 5.41) is 18.3. The summed E-state index contributed by atoms with van der Waals surface area (Å²) in [6.07, 6.45) is 8.45. The van der Waals surface area contributed by atoms with Crippen molar-refractivity contribution in [2.75, 3.05) is 18.5 Å². The molecule has 1 saturated heterocycles. The predicted molar refractivity (Wildman–Crippen MR) is 79.4 cm³/mol. The summed E-state index contributed by atoms with van der Waals surface area (Å²) in [7, 11) is 0. The van der Waals surface area contributed by atoms with Gasteiger partial charge < -0.3 is 15.2 Å². The largest absolute Gasteiger partial charge is 0.388 e. The van der Waals surface area contributed by atoms with Crippen LogP contribution in [0, 0.1) is 0 Å². The monoisotopic (exact) mass is 288 g/mol. The summed E-state index contributed by atoms with van der Waals surface area (Å²) >= 11 is 0. The highest BCUT2D eigenvalue weighted by Gasteiger charge is 2.35. The molecule has 0 radical (unpaired) electrons. The fourth-order valence-electron chi connectivity index (χ4n) is 2.58. The normalized spacial score (nSPS) is 19.1. The van der Waals surface area contributed by atoms with Gasteiger partial charge in [0.2, 0.25) is 0 Å². The van der Waals surface area contributed by atoms with E-state index < -0.39 is 5.60 Å². The van der Waals surface area contributed by atoms with Crippen LogP contribution in [0.25, 0.3) is 5.69 Å². The number of anilines is 1. The summed E-state index contributed by atoms with van der Waals surface area (Å²) in [5.41, 5.74) is 1.12. The van der Waals surface area contributed by atoms with Crippen molar-refractivity contribution >= 4 is 5.69 Å². The molecule has 0 aliphatic carbocycles. The Kier molecular flexibility index (Phi) is 3.90. The minimum absolute atomic E-state index is 0.0588. The number of aliphatic hydroxyl groups is 1. The van der Waals surface area contributed by atoms with E-state index in [0.29, 0.717) is 26.1 Å². The van der Waals surface area contributed by atoms with Gasteiger partial charge in [-0.05, 0) is 19.1 Å². The zero-order chi connectivity index (χ0) is 14.7. The molecular weight excluding hydrogens is 268 g/mol. The number of pyridine rings is 1. The number of aromatic nitrogens is 3. The van der Waals surface area contributed by atoms with E-state index in [2.05, 4.69) is 15.4 Å². The molecule has 0 aromatic carbocycles. The summed E-state index contributed by atoms with van der Waals surface area (Å²) < 4.78 is 7.10. The average Bonchev–Trinajstić information content (AvgIpc) is 2.97. The number of nitrogens with one attached hydrogen (secondary N) is 1. The van der Waals surface area contributed by atoms with Gasteiger partial charge in [-0.25, -0.2) is 4.68 Å². The lowest BCUT2D eigenvalue weighted by Gasteiger charge is -2.37. The zero-order valence-electron chi connectivity index (χ0n) is 12.1. The number of ether oxygens (including phenoxy) is 1. The van der Waals surface area contributed by atoms with Crippen LogP contribution >= 0.6 is 0 Å². The molecule has 0 spiro atoms. The smallest absolute Gasteiger partial charge is 0.0888 e. The Hall–Kier alpha value is -1.92. The molecule has 2 aromatic heterocycles. The third-order valence-electron chi connectivity index (χ3n) is 4.06. The van der Waals surface area contributed by atoms with Gasteiger partial charge in [0.15, 0.2) is 0 Å². The van der Waals surface area contributed by atoms with Gasteiger partial charge in [-0.3, -0.25) is 4.98 Å². The standard InChI is InChI=1S/C15H20N4O2/c1-12(15(20)4-8-21-9-5-15)18-13-10-17-19(11-13)14-2-6-16-7-3-14/h2-3,6-7,10-12,18,20H,4-5,8-9H2,1H3. The van der Waals surface area contributed by atoms with E-state index in [1.165, 1.54) is 0 Å². The molecule has 1 aliphatic heterocycles. The van der Waals surface area contributed by atoms with Crippen molar-refractivity contribution in [1.82, 2.24) is 14.8 Å². The lowest BCUT2D eigenvalue weighted by Crippen LogP contribution is -2.48. The zero-order valence-corrected chi connectivity index (χ0v) is 12.1. The molecular formula is C15H20N4O2.